The van der Waals surface area contributed by atoms with Gasteiger partial charge in [0.25, 0.3) is 0 Å². The van der Waals surface area contributed by atoms with Crippen LogP contribution in [-0.4, -0.2) is 25.9 Å². The molecule has 33 heavy (non-hydrogen) atoms. The largest absolute Gasteiger partial charge is 0.390 e. The highest BCUT2D eigenvalue weighted by molar-refractivity contribution is 5.66. The topological polar surface area (TPSA) is 106 Å². The predicted molar refractivity (Wildman–Crippen MR) is 120 cm³/mol. The van der Waals surface area contributed by atoms with Crippen molar-refractivity contribution in [3.05, 3.63) is 71.6 Å². The van der Waals surface area contributed by atoms with Crippen LogP contribution in [0.3, 0.4) is 0 Å². The van der Waals surface area contributed by atoms with Gasteiger partial charge >= 0.3 is 0 Å². The number of nitriles is 1. The highest BCUT2D eigenvalue weighted by Gasteiger charge is 2.29. The van der Waals surface area contributed by atoms with Crippen molar-refractivity contribution in [3.63, 3.8) is 0 Å². The quantitative estimate of drug-likeness (QED) is 0.392. The first-order valence-corrected chi connectivity index (χ1v) is 11.0. The van der Waals surface area contributed by atoms with E-state index in [0.29, 0.717) is 36.1 Å². The van der Waals surface area contributed by atoms with E-state index in [1.54, 1.807) is 24.4 Å². The highest BCUT2D eigenvalue weighted by Crippen LogP contribution is 2.33. The van der Waals surface area contributed by atoms with Gasteiger partial charge in [-0.1, -0.05) is 12.1 Å². The lowest BCUT2D eigenvalue weighted by Gasteiger charge is -2.33. The molecule has 170 valence electrons. The van der Waals surface area contributed by atoms with Crippen LogP contribution in [0.25, 0.3) is 11.1 Å². The normalized spacial score (nSPS) is 20.2. The van der Waals surface area contributed by atoms with E-state index in [2.05, 4.69) is 21.4 Å². The first-order valence-electron chi connectivity index (χ1n) is 11.0. The number of aliphatic hydroxyl groups is 1. The van der Waals surface area contributed by atoms with E-state index in [9.17, 15) is 20.0 Å². The van der Waals surface area contributed by atoms with Gasteiger partial charge in [0.05, 0.1) is 23.1 Å². The Labute approximate surface area is 192 Å². The Morgan fingerprint density at radius 2 is 1.97 bits per heavy atom. The molecule has 0 aliphatic heterocycles. The minimum Gasteiger partial charge on any atom is -0.390 e. The van der Waals surface area contributed by atoms with Crippen LogP contribution >= 0.6 is 0 Å². The maximum Gasteiger partial charge on any atom is 0.227 e. The first-order chi connectivity index (χ1) is 15.8. The molecule has 1 aliphatic rings. The molecule has 0 radical (unpaired) electrons. The second kappa shape index (κ2) is 9.51. The van der Waals surface area contributed by atoms with E-state index in [1.165, 1.54) is 24.5 Å². The Kier molecular flexibility index (Phi) is 6.52. The second-order valence-electron chi connectivity index (χ2n) is 8.93. The number of pyridine rings is 1. The Balaban J connectivity index is 1.51. The van der Waals surface area contributed by atoms with Gasteiger partial charge in [0.1, 0.15) is 11.9 Å². The van der Waals surface area contributed by atoms with Gasteiger partial charge in [0.2, 0.25) is 18.3 Å². The van der Waals surface area contributed by atoms with Crippen molar-refractivity contribution in [3.8, 4) is 17.2 Å². The molecule has 0 saturated heterocycles. The van der Waals surface area contributed by atoms with E-state index < -0.39 is 5.60 Å². The number of hydrogen-bond donors (Lipinski definition) is 3. The van der Waals surface area contributed by atoms with Crippen LogP contribution in [-0.2, 0) is 13.0 Å². The van der Waals surface area contributed by atoms with Crippen LogP contribution in [0.5, 0.6) is 0 Å². The van der Waals surface area contributed by atoms with Gasteiger partial charge in [-0.2, -0.15) is 5.26 Å². The van der Waals surface area contributed by atoms with Crippen LogP contribution < -0.4 is 10.0 Å². The van der Waals surface area contributed by atoms with E-state index in [1.807, 2.05) is 6.92 Å². The number of rotatable bonds is 6. The minimum absolute atomic E-state index is 0.313. The number of nitrogens with zero attached hydrogens (tertiary/aromatic N) is 4. The van der Waals surface area contributed by atoms with Crippen LogP contribution in [0.4, 0.5) is 10.3 Å². The fourth-order valence-corrected chi connectivity index (χ4v) is 4.28. The number of halogens is 1. The summed E-state index contributed by atoms with van der Waals surface area (Å²) < 4.78 is 14.3. The molecule has 3 aromatic rings. The van der Waals surface area contributed by atoms with E-state index >= 15 is 0 Å². The van der Waals surface area contributed by atoms with E-state index in [4.69, 9.17) is 0 Å². The van der Waals surface area contributed by atoms with Gasteiger partial charge in [0, 0.05) is 22.9 Å². The number of anilines is 1. The zero-order valence-electron chi connectivity index (χ0n) is 18.5. The highest BCUT2D eigenvalue weighted by atomic mass is 19.1. The smallest absolute Gasteiger partial charge is 0.227 e. The molecule has 0 unspecified atom stereocenters. The maximum absolute atomic E-state index is 13.3. The van der Waals surface area contributed by atoms with Gasteiger partial charge in [-0.3, -0.25) is 5.21 Å². The lowest BCUT2D eigenvalue weighted by atomic mass is 9.78. The molecular weight excluding hydrogens is 421 g/mol. The lowest BCUT2D eigenvalue weighted by Crippen LogP contribution is -2.31. The number of nitrogens with one attached hydrogen (secondary N) is 1. The molecule has 7 nitrogen and oxygen atoms in total. The van der Waals surface area contributed by atoms with Crippen molar-refractivity contribution in [2.75, 3.05) is 5.32 Å². The molecule has 2 heterocycles. The molecule has 0 amide bonds. The summed E-state index contributed by atoms with van der Waals surface area (Å²) in [5.41, 5.74) is 2.99. The Morgan fingerprint density at radius 3 is 2.67 bits per heavy atom. The third-order valence-electron chi connectivity index (χ3n) is 6.27. The average molecular weight is 449 g/mol. The van der Waals surface area contributed by atoms with Crippen molar-refractivity contribution < 1.29 is 19.4 Å². The Hall–Kier alpha value is -3.57. The first kappa shape index (κ1) is 22.6. The molecule has 1 aromatic carbocycles. The number of benzene rings is 1. The molecule has 0 atom stereocenters. The Bertz CT molecular complexity index is 1160. The van der Waals surface area contributed by atoms with Gasteiger partial charge in [0.15, 0.2) is 0 Å². The molecule has 4 rings (SSSR count). The van der Waals surface area contributed by atoms with Crippen molar-refractivity contribution in [2.24, 2.45) is 5.92 Å². The number of aromatic nitrogens is 3. The molecule has 3 N–H and O–H groups in total. The standard InChI is InChI=1S/C25H27FN5O2/c1-25(32)9-6-17(7-10-25)12-23-19(13-27)14-28-24(30-23)29-15-20-16-31(33)11-8-22(20)18-2-4-21(26)5-3-18/h2-5,8,11,14,16-17,32-33H,6-7,9-10,12,15H2,1H3,(H,28,29,30)/q+1. The summed E-state index contributed by atoms with van der Waals surface area (Å²) in [5.74, 6) is 0.449. The maximum atomic E-state index is 13.3. The van der Waals surface area contributed by atoms with Crippen molar-refractivity contribution in [2.45, 2.75) is 51.2 Å². The summed E-state index contributed by atoms with van der Waals surface area (Å²) in [7, 11) is 0. The van der Waals surface area contributed by atoms with Gasteiger partial charge in [-0.05, 0) is 68.2 Å². The lowest BCUT2D eigenvalue weighted by molar-refractivity contribution is -0.905. The zero-order chi connectivity index (χ0) is 23.4. The third kappa shape index (κ3) is 5.62. The molecule has 0 bridgehead atoms. The molecule has 1 fully saturated rings. The summed E-state index contributed by atoms with van der Waals surface area (Å²) in [6.45, 7) is 2.20. The molecular formula is C25H27FN5O2+. The number of hydrogen-bond acceptors (Lipinski definition) is 6. The van der Waals surface area contributed by atoms with Gasteiger partial charge in [-0.15, -0.1) is 0 Å². The summed E-state index contributed by atoms with van der Waals surface area (Å²) in [6.07, 6.45) is 8.57. The fraction of sp³-hybridized carbons (Fsp3) is 0.360. The monoisotopic (exact) mass is 448 g/mol. The average Bonchev–Trinajstić information content (AvgIpc) is 2.80. The molecule has 0 spiro atoms. The third-order valence-corrected chi connectivity index (χ3v) is 6.27. The van der Waals surface area contributed by atoms with Gasteiger partial charge < -0.3 is 10.4 Å². The van der Waals surface area contributed by atoms with E-state index in [0.717, 1.165) is 47.1 Å². The molecule has 1 saturated carbocycles. The summed E-state index contributed by atoms with van der Waals surface area (Å²) in [5, 5.41) is 32.8. The molecule has 2 aromatic heterocycles. The molecule has 1 aliphatic carbocycles. The van der Waals surface area contributed by atoms with Crippen LogP contribution in [0.15, 0.2) is 48.9 Å². The van der Waals surface area contributed by atoms with Crippen molar-refractivity contribution in [1.29, 1.82) is 5.26 Å². The second-order valence-corrected chi connectivity index (χ2v) is 8.93. The predicted octanol–water partition coefficient (Wildman–Crippen LogP) is 3.77. The minimum atomic E-state index is -0.603. The van der Waals surface area contributed by atoms with Crippen LogP contribution in [0.1, 0.15) is 49.4 Å². The summed E-state index contributed by atoms with van der Waals surface area (Å²) in [6, 6.07) is 10.1. The van der Waals surface area contributed by atoms with Gasteiger partial charge in [-0.25, -0.2) is 14.4 Å². The van der Waals surface area contributed by atoms with E-state index in [-0.39, 0.29) is 5.82 Å². The fourth-order valence-electron chi connectivity index (χ4n) is 4.28. The van der Waals surface area contributed by atoms with Crippen molar-refractivity contribution >= 4 is 5.95 Å². The summed E-state index contributed by atoms with van der Waals surface area (Å²) in [4.78, 5) is 8.87. The SMILES string of the molecule is CC1(O)CCC(Cc2nc(NCc3c[n+](O)ccc3-c3ccc(F)cc3)ncc2C#N)CC1. The zero-order valence-corrected chi connectivity index (χ0v) is 18.5. The Morgan fingerprint density at radius 1 is 1.24 bits per heavy atom. The van der Waals surface area contributed by atoms with Crippen molar-refractivity contribution in [1.82, 2.24) is 9.97 Å². The molecule has 8 heteroatoms. The van der Waals surface area contributed by atoms with Crippen LogP contribution in [0.2, 0.25) is 0 Å². The summed E-state index contributed by atoms with van der Waals surface area (Å²) >= 11 is 0. The van der Waals surface area contributed by atoms with Crippen LogP contribution in [0, 0.1) is 23.1 Å².